The monoisotopic (exact) mass is 304 g/mol. The van der Waals surface area contributed by atoms with Crippen LogP contribution in [0.15, 0.2) is 17.5 Å². The van der Waals surface area contributed by atoms with E-state index in [1.165, 1.54) is 0 Å². The van der Waals surface area contributed by atoms with E-state index in [0.717, 1.165) is 4.88 Å². The van der Waals surface area contributed by atoms with Crippen LogP contribution in [0.2, 0.25) is 0 Å². The summed E-state index contributed by atoms with van der Waals surface area (Å²) in [6.45, 7) is 8.83. The van der Waals surface area contributed by atoms with E-state index in [0.29, 0.717) is 19.1 Å². The molecule has 0 aliphatic heterocycles. The maximum absolute atomic E-state index is 12.4. The second-order valence-electron chi connectivity index (χ2n) is 5.14. The molecule has 0 saturated carbocycles. The van der Waals surface area contributed by atoms with E-state index in [9.17, 15) is 8.42 Å². The third-order valence-electron chi connectivity index (χ3n) is 2.74. The fourth-order valence-electron chi connectivity index (χ4n) is 1.75. The molecule has 0 bridgehead atoms. The van der Waals surface area contributed by atoms with Crippen LogP contribution in [0.4, 0.5) is 0 Å². The van der Waals surface area contributed by atoms with E-state index in [1.807, 2.05) is 45.2 Å². The Morgan fingerprint density at radius 1 is 1.32 bits per heavy atom. The molecule has 1 N–H and O–H groups in total. The van der Waals surface area contributed by atoms with Crippen LogP contribution in [0.1, 0.15) is 32.6 Å². The predicted octanol–water partition coefficient (Wildman–Crippen LogP) is 2.29. The van der Waals surface area contributed by atoms with Crippen LogP contribution in [0.3, 0.4) is 0 Å². The Hall–Kier alpha value is -0.430. The van der Waals surface area contributed by atoms with Crippen molar-refractivity contribution in [2.24, 2.45) is 0 Å². The van der Waals surface area contributed by atoms with Gasteiger partial charge in [-0.2, -0.15) is 4.31 Å². The summed E-state index contributed by atoms with van der Waals surface area (Å²) < 4.78 is 26.3. The highest BCUT2D eigenvalue weighted by Crippen LogP contribution is 2.17. The Morgan fingerprint density at radius 3 is 2.47 bits per heavy atom. The molecule has 0 aliphatic rings. The molecular weight excluding hydrogens is 280 g/mol. The minimum absolute atomic E-state index is 0.0221. The van der Waals surface area contributed by atoms with Crippen molar-refractivity contribution in [3.63, 3.8) is 0 Å². The number of hydrogen-bond acceptors (Lipinski definition) is 4. The van der Waals surface area contributed by atoms with Gasteiger partial charge in [-0.05, 0) is 25.3 Å². The first-order chi connectivity index (χ1) is 8.83. The lowest BCUT2D eigenvalue weighted by atomic mass is 10.4. The molecule has 0 amide bonds. The molecule has 1 rings (SSSR count). The Kier molecular flexibility index (Phi) is 6.46. The van der Waals surface area contributed by atoms with Gasteiger partial charge in [0.15, 0.2) is 0 Å². The Labute approximate surface area is 120 Å². The first kappa shape index (κ1) is 16.6. The van der Waals surface area contributed by atoms with Gasteiger partial charge in [-0.15, -0.1) is 11.3 Å². The van der Waals surface area contributed by atoms with Gasteiger partial charge < -0.3 is 5.32 Å². The lowest BCUT2D eigenvalue weighted by Gasteiger charge is -2.25. The van der Waals surface area contributed by atoms with Crippen LogP contribution in [-0.2, 0) is 16.6 Å². The second-order valence-corrected chi connectivity index (χ2v) is 8.22. The smallest absolute Gasteiger partial charge is 0.215 e. The molecule has 1 aromatic heterocycles. The highest BCUT2D eigenvalue weighted by atomic mass is 32.2. The van der Waals surface area contributed by atoms with Crippen LogP contribution in [0, 0.1) is 0 Å². The Bertz CT molecular complexity index is 453. The number of thiophene rings is 1. The van der Waals surface area contributed by atoms with Gasteiger partial charge in [0, 0.05) is 30.1 Å². The minimum atomic E-state index is -3.22. The van der Waals surface area contributed by atoms with Gasteiger partial charge in [0.2, 0.25) is 10.0 Å². The molecule has 6 heteroatoms. The van der Waals surface area contributed by atoms with Crippen molar-refractivity contribution in [2.75, 3.05) is 12.3 Å². The first-order valence-corrected chi connectivity index (χ1v) is 9.07. The summed E-state index contributed by atoms with van der Waals surface area (Å²) in [5, 5.41) is 5.12. The molecule has 1 aromatic rings. The number of sulfonamides is 1. The normalized spacial score (nSPS) is 12.8. The van der Waals surface area contributed by atoms with E-state index in [1.54, 1.807) is 15.6 Å². The van der Waals surface area contributed by atoms with Gasteiger partial charge in [-0.25, -0.2) is 8.42 Å². The van der Waals surface area contributed by atoms with Crippen molar-refractivity contribution in [1.82, 2.24) is 9.62 Å². The summed E-state index contributed by atoms with van der Waals surface area (Å²) in [4.78, 5) is 1.08. The molecule has 0 saturated heterocycles. The molecule has 0 aliphatic carbocycles. The highest BCUT2D eigenvalue weighted by molar-refractivity contribution is 7.89. The lowest BCUT2D eigenvalue weighted by molar-refractivity contribution is 0.350. The molecular formula is C13H24N2O2S2. The fourth-order valence-corrected chi connectivity index (χ4v) is 4.13. The summed E-state index contributed by atoms with van der Waals surface area (Å²) in [5.74, 6) is 0.148. The van der Waals surface area contributed by atoms with Crippen molar-refractivity contribution in [3.8, 4) is 0 Å². The molecule has 19 heavy (non-hydrogen) atoms. The maximum atomic E-state index is 12.4. The topological polar surface area (TPSA) is 49.4 Å². The quantitative estimate of drug-likeness (QED) is 0.801. The molecule has 0 fully saturated rings. The molecule has 0 radical (unpaired) electrons. The lowest BCUT2D eigenvalue weighted by Crippen LogP contribution is -2.40. The van der Waals surface area contributed by atoms with Gasteiger partial charge in [0.05, 0.1) is 5.75 Å². The zero-order chi connectivity index (χ0) is 14.5. The van der Waals surface area contributed by atoms with Gasteiger partial charge in [0.25, 0.3) is 0 Å². The third kappa shape index (κ3) is 5.60. The first-order valence-electron chi connectivity index (χ1n) is 6.58. The minimum Gasteiger partial charge on any atom is -0.313 e. The standard InChI is InChI=1S/C13H24N2O2S2/c1-11(2)14-7-9-19(16,17)15(12(3)4)10-13-6-5-8-18-13/h5-6,8,11-12,14H,7,9-10H2,1-4H3. The van der Waals surface area contributed by atoms with Gasteiger partial charge in [-0.3, -0.25) is 0 Å². The van der Waals surface area contributed by atoms with Crippen molar-refractivity contribution in [1.29, 1.82) is 0 Å². The van der Waals surface area contributed by atoms with Gasteiger partial charge >= 0.3 is 0 Å². The molecule has 1 heterocycles. The van der Waals surface area contributed by atoms with Crippen molar-refractivity contribution in [3.05, 3.63) is 22.4 Å². The molecule has 0 unspecified atom stereocenters. The average Bonchev–Trinajstić information content (AvgIpc) is 2.76. The number of nitrogens with one attached hydrogen (secondary N) is 1. The van der Waals surface area contributed by atoms with Gasteiger partial charge in [-0.1, -0.05) is 19.9 Å². The maximum Gasteiger partial charge on any atom is 0.215 e. The summed E-state index contributed by atoms with van der Waals surface area (Å²) in [7, 11) is -3.22. The zero-order valence-corrected chi connectivity index (χ0v) is 13.7. The van der Waals surface area contributed by atoms with E-state index in [2.05, 4.69) is 5.32 Å². The third-order valence-corrected chi connectivity index (χ3v) is 5.58. The van der Waals surface area contributed by atoms with Crippen LogP contribution < -0.4 is 5.32 Å². The molecule has 110 valence electrons. The molecule has 0 atom stereocenters. The second kappa shape index (κ2) is 7.38. The largest absolute Gasteiger partial charge is 0.313 e. The van der Waals surface area contributed by atoms with Crippen molar-refractivity contribution < 1.29 is 8.42 Å². The van der Waals surface area contributed by atoms with Crippen molar-refractivity contribution in [2.45, 2.75) is 46.3 Å². The Balaban J connectivity index is 2.69. The van der Waals surface area contributed by atoms with E-state index < -0.39 is 10.0 Å². The highest BCUT2D eigenvalue weighted by Gasteiger charge is 2.25. The number of rotatable bonds is 8. The van der Waals surface area contributed by atoms with E-state index in [4.69, 9.17) is 0 Å². The predicted molar refractivity (Wildman–Crippen MR) is 81.9 cm³/mol. The Morgan fingerprint density at radius 2 is 2.00 bits per heavy atom. The van der Waals surface area contributed by atoms with Gasteiger partial charge in [0.1, 0.15) is 0 Å². The number of hydrogen-bond donors (Lipinski definition) is 1. The summed E-state index contributed by atoms with van der Waals surface area (Å²) >= 11 is 1.59. The van der Waals surface area contributed by atoms with E-state index in [-0.39, 0.29) is 11.8 Å². The molecule has 0 spiro atoms. The fraction of sp³-hybridized carbons (Fsp3) is 0.692. The SMILES string of the molecule is CC(C)NCCS(=O)(=O)N(Cc1cccs1)C(C)C. The molecule has 4 nitrogen and oxygen atoms in total. The van der Waals surface area contributed by atoms with Crippen LogP contribution in [-0.4, -0.2) is 37.1 Å². The van der Waals surface area contributed by atoms with Crippen molar-refractivity contribution >= 4 is 21.4 Å². The van der Waals surface area contributed by atoms with Crippen LogP contribution >= 0.6 is 11.3 Å². The average molecular weight is 304 g/mol. The summed E-state index contributed by atoms with van der Waals surface area (Å²) in [6, 6.07) is 4.21. The number of nitrogens with zero attached hydrogens (tertiary/aromatic N) is 1. The van der Waals surface area contributed by atoms with Crippen LogP contribution in [0.25, 0.3) is 0 Å². The summed E-state index contributed by atoms with van der Waals surface area (Å²) in [6.07, 6.45) is 0. The zero-order valence-electron chi connectivity index (χ0n) is 12.1. The summed E-state index contributed by atoms with van der Waals surface area (Å²) in [5.41, 5.74) is 0. The van der Waals surface area contributed by atoms with Crippen LogP contribution in [0.5, 0.6) is 0 Å². The molecule has 0 aromatic carbocycles. The van der Waals surface area contributed by atoms with E-state index >= 15 is 0 Å².